The minimum atomic E-state index is -0.654. The van der Waals surface area contributed by atoms with Gasteiger partial charge in [0.1, 0.15) is 0 Å². The van der Waals surface area contributed by atoms with Gasteiger partial charge in [0, 0.05) is 6.42 Å². The summed E-state index contributed by atoms with van der Waals surface area (Å²) >= 11 is 0. The minimum absolute atomic E-state index is 0.347. The summed E-state index contributed by atoms with van der Waals surface area (Å²) in [5.41, 5.74) is 0. The van der Waals surface area contributed by atoms with Crippen LogP contribution in [0.2, 0.25) is 0 Å². The van der Waals surface area contributed by atoms with E-state index in [1.807, 2.05) is 0 Å². The molecule has 1 saturated carbocycles. The van der Waals surface area contributed by atoms with Crippen LogP contribution in [0.15, 0.2) is 0 Å². The van der Waals surface area contributed by atoms with E-state index in [0.717, 1.165) is 24.7 Å². The van der Waals surface area contributed by atoms with E-state index in [2.05, 4.69) is 6.92 Å². The van der Waals surface area contributed by atoms with E-state index in [9.17, 15) is 4.79 Å². The fraction of sp³-hybridized carbons (Fsp3) is 0.923. The first-order valence-corrected chi connectivity index (χ1v) is 6.42. The number of hydrogen-bond donors (Lipinski definition) is 1. The lowest BCUT2D eigenvalue weighted by atomic mass is 9.72. The topological polar surface area (TPSA) is 37.3 Å². The van der Waals surface area contributed by atoms with E-state index in [-0.39, 0.29) is 0 Å². The van der Waals surface area contributed by atoms with E-state index < -0.39 is 5.97 Å². The van der Waals surface area contributed by atoms with E-state index >= 15 is 0 Å². The molecule has 88 valence electrons. The quantitative estimate of drug-likeness (QED) is 0.620. The molecule has 1 rings (SSSR count). The SMILES string of the molecule is C[C@H]1CC[C@H]1CCCCCCCC(=O)O. The predicted molar refractivity (Wildman–Crippen MR) is 61.8 cm³/mol. The molecule has 0 heterocycles. The van der Waals surface area contributed by atoms with Crippen molar-refractivity contribution in [3.8, 4) is 0 Å². The number of carboxylic acid groups (broad SMARTS) is 1. The van der Waals surface area contributed by atoms with Crippen LogP contribution in [0, 0.1) is 11.8 Å². The molecular formula is C13H24O2. The van der Waals surface area contributed by atoms with Gasteiger partial charge in [0.15, 0.2) is 0 Å². The lowest BCUT2D eigenvalue weighted by Crippen LogP contribution is -2.22. The van der Waals surface area contributed by atoms with Crippen LogP contribution in [0.25, 0.3) is 0 Å². The molecule has 0 spiro atoms. The summed E-state index contributed by atoms with van der Waals surface area (Å²) in [7, 11) is 0. The monoisotopic (exact) mass is 212 g/mol. The van der Waals surface area contributed by atoms with Crippen molar-refractivity contribution >= 4 is 5.97 Å². The Balaban J connectivity index is 1.79. The third-order valence-corrected chi connectivity index (χ3v) is 3.76. The third-order valence-electron chi connectivity index (χ3n) is 3.76. The summed E-state index contributed by atoms with van der Waals surface area (Å²) in [5, 5.41) is 8.46. The van der Waals surface area contributed by atoms with E-state index in [0.29, 0.717) is 6.42 Å². The average molecular weight is 212 g/mol. The molecule has 0 saturated heterocycles. The van der Waals surface area contributed by atoms with Crippen molar-refractivity contribution in [2.45, 2.75) is 64.7 Å². The molecule has 0 amide bonds. The highest BCUT2D eigenvalue weighted by atomic mass is 16.4. The molecule has 1 aliphatic rings. The number of carboxylic acids is 1. The number of hydrogen-bond acceptors (Lipinski definition) is 1. The van der Waals surface area contributed by atoms with Crippen molar-refractivity contribution in [3.05, 3.63) is 0 Å². The van der Waals surface area contributed by atoms with Crippen LogP contribution < -0.4 is 0 Å². The maximum atomic E-state index is 10.3. The second kappa shape index (κ2) is 6.86. The molecular weight excluding hydrogens is 188 g/mol. The summed E-state index contributed by atoms with van der Waals surface area (Å²) in [6.07, 6.45) is 10.4. The Morgan fingerprint density at radius 2 is 1.80 bits per heavy atom. The van der Waals surface area contributed by atoms with Crippen LogP contribution in [0.4, 0.5) is 0 Å². The van der Waals surface area contributed by atoms with Gasteiger partial charge in [-0.3, -0.25) is 4.79 Å². The predicted octanol–water partition coefficient (Wildman–Crippen LogP) is 3.85. The fourth-order valence-corrected chi connectivity index (χ4v) is 2.38. The third kappa shape index (κ3) is 5.19. The molecule has 0 aromatic rings. The van der Waals surface area contributed by atoms with Crippen LogP contribution >= 0.6 is 0 Å². The van der Waals surface area contributed by atoms with E-state index in [1.54, 1.807) is 0 Å². The Morgan fingerprint density at radius 1 is 1.13 bits per heavy atom. The highest BCUT2D eigenvalue weighted by Crippen LogP contribution is 2.37. The largest absolute Gasteiger partial charge is 0.481 e. The summed E-state index contributed by atoms with van der Waals surface area (Å²) in [6, 6.07) is 0. The Bertz CT molecular complexity index is 189. The highest BCUT2D eigenvalue weighted by molar-refractivity contribution is 5.66. The van der Waals surface area contributed by atoms with Gasteiger partial charge in [-0.05, 0) is 24.7 Å². The highest BCUT2D eigenvalue weighted by Gasteiger charge is 2.25. The van der Waals surface area contributed by atoms with Gasteiger partial charge in [0.2, 0.25) is 0 Å². The standard InChI is InChI=1S/C13H24O2/c1-11-9-10-12(11)7-5-3-2-4-6-8-13(14)15/h11-12H,2-10H2,1H3,(H,14,15)/t11-,12+/m0/s1. The van der Waals surface area contributed by atoms with Gasteiger partial charge >= 0.3 is 5.97 Å². The number of unbranched alkanes of at least 4 members (excludes halogenated alkanes) is 4. The number of carbonyl (C=O) groups is 1. The normalized spacial score (nSPS) is 24.9. The maximum absolute atomic E-state index is 10.3. The van der Waals surface area contributed by atoms with Gasteiger partial charge in [-0.15, -0.1) is 0 Å². The molecule has 1 aliphatic carbocycles. The van der Waals surface area contributed by atoms with Crippen molar-refractivity contribution in [2.24, 2.45) is 11.8 Å². The second-order valence-corrected chi connectivity index (χ2v) is 5.01. The van der Waals surface area contributed by atoms with Crippen LogP contribution in [0.1, 0.15) is 64.7 Å². The number of rotatable bonds is 8. The van der Waals surface area contributed by atoms with Crippen molar-refractivity contribution in [2.75, 3.05) is 0 Å². The molecule has 0 aliphatic heterocycles. The van der Waals surface area contributed by atoms with Gasteiger partial charge in [0.25, 0.3) is 0 Å². The number of aliphatic carboxylic acids is 1. The van der Waals surface area contributed by atoms with Gasteiger partial charge in [-0.25, -0.2) is 0 Å². The zero-order valence-corrected chi connectivity index (χ0v) is 9.87. The van der Waals surface area contributed by atoms with Crippen molar-refractivity contribution < 1.29 is 9.90 Å². The Kier molecular flexibility index (Phi) is 5.74. The first kappa shape index (κ1) is 12.5. The van der Waals surface area contributed by atoms with Crippen molar-refractivity contribution in [3.63, 3.8) is 0 Å². The van der Waals surface area contributed by atoms with Gasteiger partial charge < -0.3 is 5.11 Å². The molecule has 1 N–H and O–H groups in total. The van der Waals surface area contributed by atoms with Gasteiger partial charge in [-0.2, -0.15) is 0 Å². The maximum Gasteiger partial charge on any atom is 0.303 e. The Morgan fingerprint density at radius 3 is 2.33 bits per heavy atom. The average Bonchev–Trinajstić information content (AvgIpc) is 2.19. The molecule has 0 unspecified atom stereocenters. The summed E-state index contributed by atoms with van der Waals surface area (Å²) in [5.74, 6) is 1.32. The van der Waals surface area contributed by atoms with Crippen molar-refractivity contribution in [1.29, 1.82) is 0 Å². The van der Waals surface area contributed by atoms with E-state index in [4.69, 9.17) is 5.11 Å². The van der Waals surface area contributed by atoms with Crippen LogP contribution in [0.3, 0.4) is 0 Å². The van der Waals surface area contributed by atoms with Crippen molar-refractivity contribution in [1.82, 2.24) is 0 Å². The molecule has 0 aromatic carbocycles. The lowest BCUT2D eigenvalue weighted by Gasteiger charge is -2.33. The lowest BCUT2D eigenvalue weighted by molar-refractivity contribution is -0.137. The van der Waals surface area contributed by atoms with Gasteiger partial charge in [0.05, 0.1) is 0 Å². The molecule has 0 radical (unpaired) electrons. The summed E-state index contributed by atoms with van der Waals surface area (Å²) in [4.78, 5) is 10.3. The molecule has 0 bridgehead atoms. The Hall–Kier alpha value is -0.530. The zero-order chi connectivity index (χ0) is 11.1. The molecule has 2 heteroatoms. The first-order chi connectivity index (χ1) is 7.20. The molecule has 0 aromatic heterocycles. The molecule has 15 heavy (non-hydrogen) atoms. The van der Waals surface area contributed by atoms with E-state index in [1.165, 1.54) is 38.5 Å². The zero-order valence-electron chi connectivity index (χ0n) is 9.87. The van der Waals surface area contributed by atoms with Crippen LogP contribution in [-0.2, 0) is 4.79 Å². The first-order valence-electron chi connectivity index (χ1n) is 6.42. The molecule has 2 nitrogen and oxygen atoms in total. The molecule has 2 atom stereocenters. The van der Waals surface area contributed by atoms with Gasteiger partial charge in [-0.1, -0.05) is 45.4 Å². The molecule has 1 fully saturated rings. The summed E-state index contributed by atoms with van der Waals surface area (Å²) in [6.45, 7) is 2.36. The minimum Gasteiger partial charge on any atom is -0.481 e. The van der Waals surface area contributed by atoms with Crippen LogP contribution in [0.5, 0.6) is 0 Å². The second-order valence-electron chi connectivity index (χ2n) is 5.01. The fourth-order valence-electron chi connectivity index (χ4n) is 2.38. The Labute approximate surface area is 93.1 Å². The smallest absolute Gasteiger partial charge is 0.303 e. The van der Waals surface area contributed by atoms with Crippen LogP contribution in [-0.4, -0.2) is 11.1 Å². The summed E-state index contributed by atoms with van der Waals surface area (Å²) < 4.78 is 0.